The topological polar surface area (TPSA) is 12.5 Å². The molecule has 1 unspecified atom stereocenters. The van der Waals surface area contributed by atoms with Crippen molar-refractivity contribution in [1.82, 2.24) is 4.90 Å². The summed E-state index contributed by atoms with van der Waals surface area (Å²) in [5.41, 5.74) is 0. The zero-order chi connectivity index (χ0) is 11.2. The Morgan fingerprint density at radius 3 is 2.43 bits per heavy atom. The van der Waals surface area contributed by atoms with Crippen LogP contribution < -0.4 is 0 Å². The lowest BCUT2D eigenvalue weighted by Crippen LogP contribution is -2.36. The normalized spacial score (nSPS) is 14.8. The van der Waals surface area contributed by atoms with Crippen molar-refractivity contribution in [3.63, 3.8) is 0 Å². The molecule has 0 aliphatic carbocycles. The van der Waals surface area contributed by atoms with Gasteiger partial charge < -0.3 is 9.64 Å². The number of rotatable bonds is 6. The molecule has 0 fully saturated rings. The maximum Gasteiger partial charge on any atom is 0.402 e. The first kappa shape index (κ1) is 14.2. The fraction of sp³-hybridized carbons (Fsp3) is 1.00. The van der Waals surface area contributed by atoms with E-state index in [2.05, 4.69) is 15.9 Å². The van der Waals surface area contributed by atoms with Crippen LogP contribution in [-0.4, -0.2) is 49.3 Å². The average Bonchev–Trinajstić information content (AvgIpc) is 2.03. The van der Waals surface area contributed by atoms with Gasteiger partial charge in [-0.05, 0) is 14.0 Å². The molecule has 6 heteroatoms. The molecule has 0 aliphatic heterocycles. The van der Waals surface area contributed by atoms with Gasteiger partial charge in [-0.2, -0.15) is 13.2 Å². The highest BCUT2D eigenvalue weighted by molar-refractivity contribution is 9.09. The minimum atomic E-state index is -4.18. The molecule has 0 radical (unpaired) electrons. The van der Waals surface area contributed by atoms with Gasteiger partial charge in [0, 0.05) is 19.7 Å². The molecule has 0 rings (SSSR count). The fourth-order valence-electron chi connectivity index (χ4n) is 0.833. The van der Waals surface area contributed by atoms with Crippen LogP contribution in [0.15, 0.2) is 0 Å². The Morgan fingerprint density at radius 2 is 2.00 bits per heavy atom. The lowest BCUT2D eigenvalue weighted by atomic mass is 10.4. The maximum absolute atomic E-state index is 12.1. The van der Waals surface area contributed by atoms with Gasteiger partial charge in [-0.25, -0.2) is 0 Å². The van der Waals surface area contributed by atoms with Gasteiger partial charge in [-0.15, -0.1) is 0 Å². The summed E-state index contributed by atoms with van der Waals surface area (Å²) in [5.74, 6) is 0. The minimum absolute atomic E-state index is 0.0590. The molecule has 1 atom stereocenters. The number of ether oxygens (including phenoxy) is 1. The monoisotopic (exact) mass is 277 g/mol. The van der Waals surface area contributed by atoms with Gasteiger partial charge in [-0.3, -0.25) is 0 Å². The highest BCUT2D eigenvalue weighted by Crippen LogP contribution is 2.26. The molecule has 0 aromatic carbocycles. The molecule has 0 aliphatic rings. The van der Waals surface area contributed by atoms with E-state index in [9.17, 15) is 13.2 Å². The zero-order valence-electron chi connectivity index (χ0n) is 8.27. The Kier molecular flexibility index (Phi) is 6.72. The van der Waals surface area contributed by atoms with E-state index in [0.29, 0.717) is 19.8 Å². The third-order valence-corrected chi connectivity index (χ3v) is 2.46. The average molecular weight is 278 g/mol. The lowest BCUT2D eigenvalue weighted by molar-refractivity contribution is -0.130. The van der Waals surface area contributed by atoms with E-state index < -0.39 is 11.0 Å². The van der Waals surface area contributed by atoms with E-state index in [1.54, 1.807) is 11.9 Å². The third kappa shape index (κ3) is 6.62. The summed E-state index contributed by atoms with van der Waals surface area (Å²) < 4.78 is 41.3. The van der Waals surface area contributed by atoms with Crippen LogP contribution >= 0.6 is 15.9 Å². The molecular weight excluding hydrogens is 263 g/mol. The van der Waals surface area contributed by atoms with Crippen LogP contribution in [-0.2, 0) is 4.74 Å². The highest BCUT2D eigenvalue weighted by Gasteiger charge is 2.37. The van der Waals surface area contributed by atoms with E-state index in [4.69, 9.17) is 4.74 Å². The van der Waals surface area contributed by atoms with Crippen molar-refractivity contribution in [2.24, 2.45) is 0 Å². The maximum atomic E-state index is 12.1. The third-order valence-electron chi connectivity index (χ3n) is 1.65. The van der Waals surface area contributed by atoms with Crippen LogP contribution in [0.5, 0.6) is 0 Å². The molecule has 0 saturated carbocycles. The number of halogens is 4. The summed E-state index contributed by atoms with van der Waals surface area (Å²) in [4.78, 5) is 0.115. The molecule has 0 N–H and O–H groups in total. The second kappa shape index (κ2) is 6.63. The molecule has 0 spiro atoms. The summed E-state index contributed by atoms with van der Waals surface area (Å²) in [6, 6.07) is 0. The van der Waals surface area contributed by atoms with Crippen molar-refractivity contribution >= 4 is 15.9 Å². The SMILES string of the molecule is CCOCCN(C)CC(Br)C(F)(F)F. The Morgan fingerprint density at radius 1 is 1.43 bits per heavy atom. The molecule has 2 nitrogen and oxygen atoms in total. The minimum Gasteiger partial charge on any atom is -0.380 e. The van der Waals surface area contributed by atoms with Crippen molar-refractivity contribution in [2.45, 2.75) is 17.9 Å². The highest BCUT2D eigenvalue weighted by atomic mass is 79.9. The van der Waals surface area contributed by atoms with E-state index in [-0.39, 0.29) is 6.54 Å². The van der Waals surface area contributed by atoms with Gasteiger partial charge in [-0.1, -0.05) is 15.9 Å². The van der Waals surface area contributed by atoms with Crippen molar-refractivity contribution < 1.29 is 17.9 Å². The second-order valence-electron chi connectivity index (χ2n) is 2.97. The molecule has 0 saturated heterocycles. The summed E-state index contributed by atoms with van der Waals surface area (Å²) in [6.45, 7) is 3.35. The van der Waals surface area contributed by atoms with Gasteiger partial charge in [0.1, 0.15) is 4.83 Å². The van der Waals surface area contributed by atoms with E-state index in [1.165, 1.54) is 0 Å². The smallest absolute Gasteiger partial charge is 0.380 e. The van der Waals surface area contributed by atoms with Crippen LogP contribution in [0.3, 0.4) is 0 Å². The van der Waals surface area contributed by atoms with Crippen molar-refractivity contribution in [2.75, 3.05) is 33.4 Å². The van der Waals surface area contributed by atoms with Crippen LogP contribution in [0.2, 0.25) is 0 Å². The second-order valence-corrected chi connectivity index (χ2v) is 4.07. The molecular formula is C8H15BrF3NO. The first-order chi connectivity index (χ1) is 6.38. The number of nitrogens with zero attached hydrogens (tertiary/aromatic N) is 1. The van der Waals surface area contributed by atoms with E-state index in [0.717, 1.165) is 0 Å². The lowest BCUT2D eigenvalue weighted by Gasteiger charge is -2.21. The molecule has 0 amide bonds. The first-order valence-electron chi connectivity index (χ1n) is 4.35. The number of hydrogen-bond donors (Lipinski definition) is 0. The van der Waals surface area contributed by atoms with Gasteiger partial charge in [0.2, 0.25) is 0 Å². The van der Waals surface area contributed by atoms with E-state index in [1.807, 2.05) is 6.92 Å². The summed E-state index contributed by atoms with van der Waals surface area (Å²) >= 11 is 2.60. The molecule has 0 bridgehead atoms. The van der Waals surface area contributed by atoms with Crippen molar-refractivity contribution in [1.29, 1.82) is 0 Å². The first-order valence-corrected chi connectivity index (χ1v) is 5.26. The number of hydrogen-bond acceptors (Lipinski definition) is 2. The molecule has 0 aromatic heterocycles. The Hall–Kier alpha value is 0.190. The van der Waals surface area contributed by atoms with Crippen LogP contribution in [0.1, 0.15) is 6.92 Å². The Bertz CT molecular complexity index is 154. The van der Waals surface area contributed by atoms with E-state index >= 15 is 0 Å². The molecule has 0 heterocycles. The van der Waals surface area contributed by atoms with Gasteiger partial charge in [0.15, 0.2) is 0 Å². The van der Waals surface area contributed by atoms with Crippen molar-refractivity contribution in [3.05, 3.63) is 0 Å². The quantitative estimate of drug-likeness (QED) is 0.546. The molecule has 86 valence electrons. The fourth-order valence-corrected chi connectivity index (χ4v) is 1.33. The van der Waals surface area contributed by atoms with Gasteiger partial charge >= 0.3 is 6.18 Å². The Labute approximate surface area is 90.5 Å². The van der Waals surface area contributed by atoms with Crippen molar-refractivity contribution in [3.8, 4) is 0 Å². The zero-order valence-corrected chi connectivity index (χ0v) is 9.86. The summed E-state index contributed by atoms with van der Waals surface area (Å²) in [6.07, 6.45) is -4.18. The van der Waals surface area contributed by atoms with Crippen LogP contribution in [0.25, 0.3) is 0 Å². The number of alkyl halides is 4. The standard InChI is InChI=1S/C8H15BrF3NO/c1-3-14-5-4-13(2)6-7(9)8(10,11)12/h7H,3-6H2,1-2H3. The predicted octanol–water partition coefficient (Wildman–Crippen LogP) is 2.28. The molecule has 14 heavy (non-hydrogen) atoms. The van der Waals surface area contributed by atoms with Gasteiger partial charge in [0.05, 0.1) is 6.61 Å². The largest absolute Gasteiger partial charge is 0.402 e. The summed E-state index contributed by atoms with van der Waals surface area (Å²) in [7, 11) is 1.64. The van der Waals surface area contributed by atoms with Crippen LogP contribution in [0.4, 0.5) is 13.2 Å². The predicted molar refractivity (Wildman–Crippen MR) is 52.8 cm³/mol. The summed E-state index contributed by atoms with van der Waals surface area (Å²) in [5, 5.41) is 0. The van der Waals surface area contributed by atoms with Gasteiger partial charge in [0.25, 0.3) is 0 Å². The molecule has 0 aromatic rings. The Balaban J connectivity index is 3.66. The van der Waals surface area contributed by atoms with Crippen LogP contribution in [0, 0.1) is 0 Å². The number of likely N-dealkylation sites (N-methyl/N-ethyl adjacent to an activating group) is 1.